The zero-order valence-electron chi connectivity index (χ0n) is 56.6. The number of carboxylic acids is 1. The van der Waals surface area contributed by atoms with Gasteiger partial charge in [0, 0.05) is 29.9 Å². The number of rotatable bonds is 46. The number of aliphatic carboxylic acids is 1. The number of carboxylic acid groups (broad SMARTS) is 1. The minimum Gasteiger partial charge on any atom is -0.480 e. The average molecular weight is 1370 g/mol. The van der Waals surface area contributed by atoms with Crippen LogP contribution in [0.5, 0.6) is 0 Å². The number of H-pyrrole nitrogens is 1. The van der Waals surface area contributed by atoms with E-state index in [9.17, 15) is 92.7 Å². The Hall–Kier alpha value is -8.86. The van der Waals surface area contributed by atoms with Gasteiger partial charge in [-0.25, -0.2) is 4.79 Å². The fraction of sp³-hybridized carbons (Fsp3) is 0.651. The average Bonchev–Trinajstić information content (AvgIpc) is 1.76. The van der Waals surface area contributed by atoms with Crippen molar-refractivity contribution in [2.45, 2.75) is 225 Å². The second-order valence-electron chi connectivity index (χ2n) is 25.4. The molecule has 1 aromatic heterocycles. The van der Waals surface area contributed by atoms with Crippen LogP contribution in [-0.4, -0.2) is 205 Å². The Labute approximate surface area is 562 Å². The van der Waals surface area contributed by atoms with Crippen LogP contribution in [0.1, 0.15) is 145 Å². The number of hydrogen-bond acceptors (Lipinski definition) is 19. The molecule has 13 amide bonds. The molecule has 24 N–H and O–H groups in total. The standard InChI is InChI=1S/C63H103N15O19/c1-10-33(8)52(63(96)97)77-56(89)40(22-35-28-68-39-19-15-14-18-38(35)39)70-59(92)45(29-79)74-62(95)53(34(9)80)78-57(90)41(23-37(82)20-21-64)71-54(87)43(26-47(66)84)72-55(88)44(27-48(67)85)73-60(93)50(31(4)5)76-61(94)51(32(6)7)75-58(91)42(25-46(65)83)69-49(86)24-36(81)17-13-11-12-16-30(2)3/h14-15,18-19,28,30-34,36-37,40-45,50-53,68,79-82H,10-13,16-17,20-27,29,64H2,1-9H3,(H2,65,83)(H2,66,84)(H2,67,85)(H,69,86)(H,70,92)(H,71,87)(H,72,88)(H,73,93)(H,74,95)(H,75,91)(H,76,94)(H,77,89)(H,78,90)(H,96,97)/t33-,34+,36+,37+,40+,41-,42+,43+,44-,45-,50+,51+,52+,53+/m0/s1. The number of aliphatic hydroxyl groups excluding tert-OH is 4. The first-order chi connectivity index (χ1) is 45.4. The van der Waals surface area contributed by atoms with Gasteiger partial charge in [-0.3, -0.25) is 62.3 Å². The summed E-state index contributed by atoms with van der Waals surface area (Å²) in [4.78, 5) is 191. The lowest BCUT2D eigenvalue weighted by molar-refractivity contribution is -0.144. The van der Waals surface area contributed by atoms with Crippen molar-refractivity contribution in [1.82, 2.24) is 58.2 Å². The highest BCUT2D eigenvalue weighted by Crippen LogP contribution is 2.21. The van der Waals surface area contributed by atoms with Gasteiger partial charge >= 0.3 is 5.97 Å². The van der Waals surface area contributed by atoms with Crippen LogP contribution in [-0.2, 0) is 73.5 Å². The van der Waals surface area contributed by atoms with Crippen LogP contribution in [0.15, 0.2) is 30.5 Å². The Morgan fingerprint density at radius 1 is 0.474 bits per heavy atom. The predicted molar refractivity (Wildman–Crippen MR) is 351 cm³/mol. The summed E-state index contributed by atoms with van der Waals surface area (Å²) in [5.74, 6) is -17.7. The van der Waals surface area contributed by atoms with E-state index in [4.69, 9.17) is 22.9 Å². The Bertz CT molecular complexity index is 3010. The minimum absolute atomic E-state index is 0.162. The summed E-state index contributed by atoms with van der Waals surface area (Å²) in [5, 5.41) is 76.6. The van der Waals surface area contributed by atoms with Crippen LogP contribution in [0.3, 0.4) is 0 Å². The number of unbranched alkanes of at least 4 members (excludes halogenated alkanes) is 2. The number of nitrogens with two attached hydrogens (primary N) is 4. The van der Waals surface area contributed by atoms with Crippen molar-refractivity contribution in [3.63, 3.8) is 0 Å². The van der Waals surface area contributed by atoms with E-state index in [2.05, 4.69) is 72.0 Å². The second kappa shape index (κ2) is 42.0. The SMILES string of the molecule is CC[C@H](C)[C@@H](NC(=O)[C@@H](Cc1c[nH]c2ccccc12)NC(=O)[C@H](CO)NC(=O)[C@H](NC(=O)[C@H](C[C@H](O)CCN)NC(=O)[C@@H](CC(N)=O)NC(=O)[C@H](CC(N)=O)NC(=O)[C@H](NC(=O)[C@H](NC(=O)[C@@H](CC(N)=O)NC(=O)C[C@H](O)CCCCCC(C)C)C(C)C)C(C)C)[C@@H](C)O)C(=O)O. The van der Waals surface area contributed by atoms with Gasteiger partial charge in [-0.15, -0.1) is 0 Å². The summed E-state index contributed by atoms with van der Waals surface area (Å²) in [5.41, 5.74) is 23.2. The van der Waals surface area contributed by atoms with Gasteiger partial charge in [-0.2, -0.15) is 0 Å². The molecule has 97 heavy (non-hydrogen) atoms. The van der Waals surface area contributed by atoms with Gasteiger partial charge in [-0.1, -0.05) is 106 Å². The van der Waals surface area contributed by atoms with Gasteiger partial charge in [0.25, 0.3) is 0 Å². The van der Waals surface area contributed by atoms with E-state index >= 15 is 0 Å². The van der Waals surface area contributed by atoms with E-state index in [1.54, 1.807) is 44.3 Å². The van der Waals surface area contributed by atoms with Crippen LogP contribution >= 0.6 is 0 Å². The molecule has 0 aliphatic carbocycles. The first kappa shape index (κ1) is 84.2. The Balaban J connectivity index is 2.40. The van der Waals surface area contributed by atoms with Gasteiger partial charge in [0.2, 0.25) is 76.8 Å². The number of carbonyl (C=O) groups is 14. The van der Waals surface area contributed by atoms with Crippen LogP contribution in [0.25, 0.3) is 10.9 Å². The van der Waals surface area contributed by atoms with E-state index in [-0.39, 0.29) is 19.4 Å². The van der Waals surface area contributed by atoms with Gasteiger partial charge in [0.05, 0.1) is 50.6 Å². The maximum absolute atomic E-state index is 14.2. The number of para-hydroxylation sites is 1. The molecule has 0 saturated carbocycles. The number of amides is 13. The van der Waals surface area contributed by atoms with Crippen LogP contribution in [0.2, 0.25) is 0 Å². The summed E-state index contributed by atoms with van der Waals surface area (Å²) in [6.45, 7) is 13.2. The zero-order valence-corrected chi connectivity index (χ0v) is 56.6. The molecule has 0 bridgehead atoms. The highest BCUT2D eigenvalue weighted by molar-refractivity contribution is 6.01. The molecule has 1 aromatic carbocycles. The van der Waals surface area contributed by atoms with Crippen LogP contribution in [0, 0.1) is 23.7 Å². The molecule has 0 unspecified atom stereocenters. The number of aromatic amines is 1. The second-order valence-corrected chi connectivity index (χ2v) is 25.4. The molecule has 0 aliphatic rings. The van der Waals surface area contributed by atoms with Crippen molar-refractivity contribution in [2.24, 2.45) is 46.6 Å². The summed E-state index contributed by atoms with van der Waals surface area (Å²) < 4.78 is 0. The van der Waals surface area contributed by atoms with Crippen molar-refractivity contribution in [3.8, 4) is 0 Å². The largest absolute Gasteiger partial charge is 0.480 e. The van der Waals surface area contributed by atoms with Gasteiger partial charge < -0.3 is 107 Å². The number of primary amides is 3. The van der Waals surface area contributed by atoms with E-state index in [1.807, 2.05) is 0 Å². The maximum atomic E-state index is 14.2. The summed E-state index contributed by atoms with van der Waals surface area (Å²) in [6.07, 6.45) is -2.94. The Morgan fingerprint density at radius 3 is 1.40 bits per heavy atom. The molecular weight excluding hydrogens is 1270 g/mol. The van der Waals surface area contributed by atoms with Crippen LogP contribution in [0.4, 0.5) is 0 Å². The molecule has 0 spiro atoms. The van der Waals surface area contributed by atoms with Crippen molar-refractivity contribution in [3.05, 3.63) is 36.0 Å². The fourth-order valence-electron chi connectivity index (χ4n) is 10.2. The monoisotopic (exact) mass is 1370 g/mol. The molecule has 2 aromatic rings. The third-order valence-electron chi connectivity index (χ3n) is 15.9. The molecule has 0 radical (unpaired) electrons. The lowest BCUT2D eigenvalue weighted by Gasteiger charge is -2.30. The fourth-order valence-corrected chi connectivity index (χ4v) is 10.2. The predicted octanol–water partition coefficient (Wildman–Crippen LogP) is -4.54. The van der Waals surface area contributed by atoms with Gasteiger partial charge in [0.15, 0.2) is 0 Å². The number of benzene rings is 1. The number of nitrogens with one attached hydrogen (secondary N) is 11. The van der Waals surface area contributed by atoms with E-state index < -0.39 is 218 Å². The molecular formula is C63H103N15O19. The first-order valence-corrected chi connectivity index (χ1v) is 32.5. The van der Waals surface area contributed by atoms with Crippen LogP contribution < -0.4 is 76.1 Å². The smallest absolute Gasteiger partial charge is 0.326 e. The number of aliphatic hydroxyl groups is 4. The highest BCUT2D eigenvalue weighted by atomic mass is 16.4. The number of hydrogen-bond donors (Lipinski definition) is 20. The molecule has 34 nitrogen and oxygen atoms in total. The molecule has 1 heterocycles. The molecule has 0 fully saturated rings. The molecule has 14 atom stereocenters. The van der Waals surface area contributed by atoms with Gasteiger partial charge in [0.1, 0.15) is 60.4 Å². The highest BCUT2D eigenvalue weighted by Gasteiger charge is 2.39. The lowest BCUT2D eigenvalue weighted by Crippen LogP contribution is -2.63. The molecule has 544 valence electrons. The topological polar surface area (TPSA) is 580 Å². The van der Waals surface area contributed by atoms with E-state index in [0.717, 1.165) is 26.2 Å². The Kier molecular flexibility index (Phi) is 36.4. The first-order valence-electron chi connectivity index (χ1n) is 32.5. The van der Waals surface area contributed by atoms with Crippen molar-refractivity contribution in [2.75, 3.05) is 13.2 Å². The molecule has 0 saturated heterocycles. The minimum atomic E-state index is -2.06. The molecule has 0 aliphatic heterocycles. The summed E-state index contributed by atoms with van der Waals surface area (Å²) in [7, 11) is 0. The third kappa shape index (κ3) is 29.6. The summed E-state index contributed by atoms with van der Waals surface area (Å²) >= 11 is 0. The molecule has 2 rings (SSSR count). The third-order valence-corrected chi connectivity index (χ3v) is 15.9. The lowest BCUT2D eigenvalue weighted by atomic mass is 9.98. The normalized spacial score (nSPS) is 15.8. The maximum Gasteiger partial charge on any atom is 0.326 e. The van der Waals surface area contributed by atoms with Crippen molar-refractivity contribution >= 4 is 93.7 Å². The molecule has 34 heteroatoms. The van der Waals surface area contributed by atoms with E-state index in [0.29, 0.717) is 41.6 Å². The van der Waals surface area contributed by atoms with E-state index in [1.165, 1.54) is 27.7 Å². The van der Waals surface area contributed by atoms with Crippen molar-refractivity contribution < 1.29 is 92.7 Å². The van der Waals surface area contributed by atoms with Crippen molar-refractivity contribution in [1.29, 1.82) is 0 Å². The van der Waals surface area contributed by atoms with Gasteiger partial charge in [-0.05, 0) is 61.6 Å². The quantitative estimate of drug-likeness (QED) is 0.0278. The Morgan fingerprint density at radius 2 is 0.897 bits per heavy atom. The summed E-state index contributed by atoms with van der Waals surface area (Å²) in [6, 6.07) is -10.5. The number of fused-ring (bicyclic) bond motifs is 1. The number of aromatic nitrogens is 1. The number of carbonyl (C=O) groups excluding carboxylic acids is 13. The zero-order chi connectivity index (χ0) is 73.6.